The van der Waals surface area contributed by atoms with Crippen molar-refractivity contribution in [2.45, 2.75) is 52.0 Å². The Kier molecular flexibility index (Phi) is 10.3. The quantitative estimate of drug-likeness (QED) is 0.173. The van der Waals surface area contributed by atoms with Gasteiger partial charge in [0, 0.05) is 6.20 Å². The topological polar surface area (TPSA) is 170 Å². The number of anilines is 1. The lowest BCUT2D eigenvalue weighted by molar-refractivity contribution is -0.118. The van der Waals surface area contributed by atoms with Gasteiger partial charge in [-0.3, -0.25) is 14.4 Å². The van der Waals surface area contributed by atoms with Crippen molar-refractivity contribution >= 4 is 34.6 Å². The maximum atomic E-state index is 13.3. The molecule has 0 fully saturated rings. The molecule has 5 N–H and O–H groups in total. The van der Waals surface area contributed by atoms with Gasteiger partial charge in [0.15, 0.2) is 0 Å². The van der Waals surface area contributed by atoms with Crippen LogP contribution in [0, 0.1) is 0 Å². The largest absolute Gasteiger partial charge is 0.489 e. The average molecular weight is 587 g/mol. The van der Waals surface area contributed by atoms with Crippen molar-refractivity contribution in [3.05, 3.63) is 101 Å². The van der Waals surface area contributed by atoms with Gasteiger partial charge in [0.25, 0.3) is 5.56 Å². The summed E-state index contributed by atoms with van der Waals surface area (Å²) in [5.74, 6) is -0.0930. The molecule has 2 aromatic heterocycles. The normalized spacial score (nSPS) is 11.9. The van der Waals surface area contributed by atoms with E-state index in [1.54, 1.807) is 24.4 Å². The fraction of sp³-hybridized carbons (Fsp3) is 0.258. The van der Waals surface area contributed by atoms with Crippen LogP contribution >= 0.6 is 0 Å². The van der Waals surface area contributed by atoms with E-state index in [1.807, 2.05) is 50.2 Å². The first kappa shape index (κ1) is 30.6. The van der Waals surface area contributed by atoms with Crippen LogP contribution in [-0.4, -0.2) is 44.6 Å². The third-order valence-corrected chi connectivity index (χ3v) is 6.21. The molecule has 3 amide bonds. The summed E-state index contributed by atoms with van der Waals surface area (Å²) in [4.78, 5) is 57.9. The number of rotatable bonds is 13. The lowest BCUT2D eigenvalue weighted by Crippen LogP contribution is -2.44. The van der Waals surface area contributed by atoms with E-state index in [-0.39, 0.29) is 37.8 Å². The molecule has 12 nitrogen and oxygen atoms in total. The predicted octanol–water partition coefficient (Wildman–Crippen LogP) is 3.62. The van der Waals surface area contributed by atoms with Crippen LogP contribution in [0.2, 0.25) is 0 Å². The number of carbonyl (C=O) groups is 3. The monoisotopic (exact) mass is 586 g/mol. The standard InChI is InChI=1S/C31H34N6O6/c1-20(2)43-25-15-8-13-22-28(25)36-27(33-22)18-37-17-9-14-24(30(37)40)34-29(39)23(12-6-7-16-26(32)38)35-31(41)42-19-21-10-4-3-5-11-21/h3-5,7-11,13-17,20,23H,6,12,18-19H2,1-2H3,(H2,32,38)(H,33,36)(H,34,39)(H,35,41)/b16-7+. The summed E-state index contributed by atoms with van der Waals surface area (Å²) >= 11 is 0. The number of aromatic amines is 1. The molecule has 0 saturated carbocycles. The maximum Gasteiger partial charge on any atom is 0.408 e. The van der Waals surface area contributed by atoms with Gasteiger partial charge >= 0.3 is 6.09 Å². The van der Waals surface area contributed by atoms with Crippen molar-refractivity contribution in [3.8, 4) is 5.75 Å². The fourth-order valence-corrected chi connectivity index (χ4v) is 4.26. The number of nitrogens with zero attached hydrogens (tertiary/aromatic N) is 2. The van der Waals surface area contributed by atoms with E-state index < -0.39 is 29.5 Å². The van der Waals surface area contributed by atoms with Gasteiger partial charge in [0.05, 0.1) is 18.2 Å². The van der Waals surface area contributed by atoms with Gasteiger partial charge in [0.2, 0.25) is 11.8 Å². The summed E-state index contributed by atoms with van der Waals surface area (Å²) in [6, 6.07) is 16.7. The van der Waals surface area contributed by atoms with Gasteiger partial charge < -0.3 is 35.4 Å². The number of imidazole rings is 1. The van der Waals surface area contributed by atoms with Crippen molar-refractivity contribution in [1.82, 2.24) is 19.9 Å². The molecule has 0 aliphatic heterocycles. The smallest absolute Gasteiger partial charge is 0.408 e. The van der Waals surface area contributed by atoms with Gasteiger partial charge in [-0.25, -0.2) is 9.78 Å². The Morgan fingerprint density at radius 3 is 2.60 bits per heavy atom. The van der Waals surface area contributed by atoms with E-state index in [2.05, 4.69) is 20.6 Å². The average Bonchev–Trinajstić information content (AvgIpc) is 3.39. The van der Waals surface area contributed by atoms with Crippen LogP contribution in [0.5, 0.6) is 5.75 Å². The summed E-state index contributed by atoms with van der Waals surface area (Å²) in [6.07, 6.45) is 3.80. The second kappa shape index (κ2) is 14.5. The molecule has 0 aliphatic carbocycles. The van der Waals surface area contributed by atoms with Crippen LogP contribution in [0.3, 0.4) is 0 Å². The predicted molar refractivity (Wildman–Crippen MR) is 161 cm³/mol. The molecule has 0 spiro atoms. The molecule has 224 valence electrons. The summed E-state index contributed by atoms with van der Waals surface area (Å²) in [5, 5.41) is 5.16. The van der Waals surface area contributed by atoms with Crippen LogP contribution in [-0.2, 0) is 27.5 Å². The zero-order valence-corrected chi connectivity index (χ0v) is 23.9. The second-order valence-electron chi connectivity index (χ2n) is 9.99. The summed E-state index contributed by atoms with van der Waals surface area (Å²) < 4.78 is 12.5. The lowest BCUT2D eigenvalue weighted by atomic mass is 10.1. The molecule has 2 heterocycles. The van der Waals surface area contributed by atoms with Crippen LogP contribution in [0.4, 0.5) is 10.5 Å². The number of pyridine rings is 1. The summed E-state index contributed by atoms with van der Waals surface area (Å²) in [5.41, 5.74) is 6.89. The minimum absolute atomic E-state index is 0.0128. The number of H-pyrrole nitrogens is 1. The number of benzene rings is 2. The molecule has 43 heavy (non-hydrogen) atoms. The number of primary amides is 1. The number of fused-ring (bicyclic) bond motifs is 1. The highest BCUT2D eigenvalue weighted by atomic mass is 16.5. The lowest BCUT2D eigenvalue weighted by Gasteiger charge is -2.18. The third kappa shape index (κ3) is 8.80. The van der Waals surface area contributed by atoms with Gasteiger partial charge in [-0.2, -0.15) is 0 Å². The second-order valence-corrected chi connectivity index (χ2v) is 9.99. The molecule has 0 radical (unpaired) electrons. The number of alkyl carbamates (subject to hydrolysis) is 1. The number of nitrogens with one attached hydrogen (secondary N) is 3. The number of ether oxygens (including phenoxy) is 2. The van der Waals surface area contributed by atoms with E-state index in [0.29, 0.717) is 17.1 Å². The Hall–Kier alpha value is -5.39. The molecule has 1 atom stereocenters. The highest BCUT2D eigenvalue weighted by Crippen LogP contribution is 2.24. The zero-order chi connectivity index (χ0) is 30.8. The van der Waals surface area contributed by atoms with E-state index in [0.717, 1.165) is 11.1 Å². The zero-order valence-electron chi connectivity index (χ0n) is 23.9. The number of nitrogens with two attached hydrogens (primary N) is 1. The molecule has 2 aromatic carbocycles. The van der Waals surface area contributed by atoms with E-state index >= 15 is 0 Å². The van der Waals surface area contributed by atoms with Gasteiger partial charge in [-0.15, -0.1) is 0 Å². The minimum atomic E-state index is -1.07. The fourth-order valence-electron chi connectivity index (χ4n) is 4.26. The van der Waals surface area contributed by atoms with Crippen LogP contribution in [0.1, 0.15) is 38.1 Å². The number of allylic oxidation sites excluding steroid dienone is 1. The van der Waals surface area contributed by atoms with E-state index in [1.165, 1.54) is 22.8 Å². The van der Waals surface area contributed by atoms with Crippen LogP contribution < -0.4 is 26.7 Å². The highest BCUT2D eigenvalue weighted by Gasteiger charge is 2.22. The van der Waals surface area contributed by atoms with Crippen molar-refractivity contribution in [2.24, 2.45) is 5.73 Å². The first-order valence-corrected chi connectivity index (χ1v) is 13.8. The number of amides is 3. The highest BCUT2D eigenvalue weighted by molar-refractivity contribution is 5.96. The molecule has 0 saturated heterocycles. The molecule has 4 aromatic rings. The third-order valence-electron chi connectivity index (χ3n) is 6.21. The number of para-hydroxylation sites is 1. The van der Waals surface area contributed by atoms with Crippen molar-refractivity contribution in [1.29, 1.82) is 0 Å². The van der Waals surface area contributed by atoms with Crippen molar-refractivity contribution in [2.75, 3.05) is 5.32 Å². The van der Waals surface area contributed by atoms with Gasteiger partial charge in [0.1, 0.15) is 35.4 Å². The van der Waals surface area contributed by atoms with E-state index in [4.69, 9.17) is 15.2 Å². The number of aromatic nitrogens is 3. The van der Waals surface area contributed by atoms with Crippen molar-refractivity contribution < 1.29 is 23.9 Å². The molecule has 4 rings (SSSR count). The van der Waals surface area contributed by atoms with Crippen LogP contribution in [0.25, 0.3) is 11.0 Å². The molecular weight excluding hydrogens is 552 g/mol. The SMILES string of the molecule is CC(C)Oc1cccc2[nH]c(Cn3cccc(NC(=O)C(CC/C=C/C(N)=O)NC(=O)OCc4ccccc4)c3=O)nc12. The van der Waals surface area contributed by atoms with E-state index in [9.17, 15) is 19.2 Å². The summed E-state index contributed by atoms with van der Waals surface area (Å²) in [6.45, 7) is 3.98. The van der Waals surface area contributed by atoms with Crippen LogP contribution in [0.15, 0.2) is 83.8 Å². The first-order chi connectivity index (χ1) is 20.7. The maximum absolute atomic E-state index is 13.3. The van der Waals surface area contributed by atoms with Gasteiger partial charge in [-0.05, 0) is 62.6 Å². The molecule has 0 bridgehead atoms. The number of hydrogen-bond acceptors (Lipinski definition) is 7. The Morgan fingerprint density at radius 1 is 1.07 bits per heavy atom. The Bertz CT molecular complexity index is 1660. The number of carbonyl (C=O) groups excluding carboxylic acids is 3. The number of hydrogen-bond donors (Lipinski definition) is 4. The van der Waals surface area contributed by atoms with Gasteiger partial charge in [-0.1, -0.05) is 42.5 Å². The molecule has 12 heteroatoms. The minimum Gasteiger partial charge on any atom is -0.489 e. The van der Waals surface area contributed by atoms with Crippen molar-refractivity contribution in [3.63, 3.8) is 0 Å². The molecular formula is C31H34N6O6. The Labute approximate surface area is 247 Å². The molecule has 0 aliphatic rings. The Balaban J connectivity index is 1.47. The first-order valence-electron chi connectivity index (χ1n) is 13.8. The Morgan fingerprint density at radius 2 is 1.86 bits per heavy atom. The molecule has 1 unspecified atom stereocenters. The summed E-state index contributed by atoms with van der Waals surface area (Å²) in [7, 11) is 0.